The van der Waals surface area contributed by atoms with Crippen LogP contribution in [0.2, 0.25) is 0 Å². The normalized spacial score (nSPS) is 11.5. The minimum absolute atomic E-state index is 0.0759. The van der Waals surface area contributed by atoms with Gasteiger partial charge in [-0.25, -0.2) is 4.99 Å². The quantitative estimate of drug-likeness (QED) is 0.361. The topological polar surface area (TPSA) is 123 Å². The first-order valence-corrected chi connectivity index (χ1v) is 9.30. The van der Waals surface area contributed by atoms with Crippen LogP contribution in [0.4, 0.5) is 17.1 Å². The van der Waals surface area contributed by atoms with Gasteiger partial charge in [-0.2, -0.15) is 0 Å². The van der Waals surface area contributed by atoms with Crippen molar-refractivity contribution in [2.45, 2.75) is 20.4 Å². The molecule has 4 N–H and O–H groups in total. The van der Waals surface area contributed by atoms with E-state index in [1.807, 2.05) is 0 Å². The second kappa shape index (κ2) is 8.24. The van der Waals surface area contributed by atoms with Crippen LogP contribution < -0.4 is 5.32 Å². The van der Waals surface area contributed by atoms with E-state index in [4.69, 9.17) is 4.42 Å². The van der Waals surface area contributed by atoms with Gasteiger partial charge >= 0.3 is 0 Å². The highest BCUT2D eigenvalue weighted by molar-refractivity contribution is 6.01. The van der Waals surface area contributed by atoms with E-state index in [2.05, 4.69) is 10.3 Å². The molecular weight excluding hydrogens is 388 g/mol. The minimum Gasteiger partial charge on any atom is -0.505 e. The van der Waals surface area contributed by atoms with Crippen molar-refractivity contribution in [1.29, 1.82) is 0 Å². The van der Waals surface area contributed by atoms with E-state index in [1.165, 1.54) is 21.8 Å². The molecule has 0 bridgehead atoms. The standard InChI is InChI=1S/C21H24N4O5/c1-5-25-20(28)16(22-12(2)15-10-7-11-30-15)17(21(25)29)23-14-9-6-8-13(18(14)26)19(27)24(3)4/h6-11,23,26,28-29H,5H2,1-4H3. The summed E-state index contributed by atoms with van der Waals surface area (Å²) in [6.45, 7) is 3.74. The number of carbonyl (C=O) groups is 1. The Morgan fingerprint density at radius 3 is 2.50 bits per heavy atom. The number of carbonyl (C=O) groups excluding carboxylic acids is 1. The van der Waals surface area contributed by atoms with Crippen molar-refractivity contribution in [1.82, 2.24) is 9.47 Å². The molecule has 0 fully saturated rings. The highest BCUT2D eigenvalue weighted by atomic mass is 16.3. The van der Waals surface area contributed by atoms with E-state index in [-0.39, 0.29) is 52.6 Å². The Hall–Kier alpha value is -3.88. The predicted octanol–water partition coefficient (Wildman–Crippen LogP) is 3.80. The molecule has 3 rings (SSSR count). The number of phenolic OH excluding ortho intramolecular Hbond substituents is 1. The Labute approximate surface area is 173 Å². The molecule has 9 heteroatoms. The zero-order valence-electron chi connectivity index (χ0n) is 17.2. The zero-order chi connectivity index (χ0) is 22.0. The van der Waals surface area contributed by atoms with E-state index < -0.39 is 0 Å². The van der Waals surface area contributed by atoms with Gasteiger partial charge in [-0.15, -0.1) is 0 Å². The molecule has 2 heterocycles. The van der Waals surface area contributed by atoms with Crippen LogP contribution in [0.3, 0.4) is 0 Å². The maximum absolute atomic E-state index is 12.3. The first-order valence-electron chi connectivity index (χ1n) is 9.30. The lowest BCUT2D eigenvalue weighted by molar-refractivity contribution is 0.0824. The average Bonchev–Trinajstić information content (AvgIpc) is 3.32. The van der Waals surface area contributed by atoms with E-state index in [0.717, 1.165) is 0 Å². The summed E-state index contributed by atoms with van der Waals surface area (Å²) in [7, 11) is 3.16. The van der Waals surface area contributed by atoms with Crippen LogP contribution >= 0.6 is 0 Å². The van der Waals surface area contributed by atoms with Crippen molar-refractivity contribution in [3.8, 4) is 17.5 Å². The van der Waals surface area contributed by atoms with Gasteiger partial charge in [0.15, 0.2) is 11.4 Å². The average molecular weight is 412 g/mol. The second-order valence-corrected chi connectivity index (χ2v) is 6.82. The van der Waals surface area contributed by atoms with Crippen LogP contribution in [-0.4, -0.2) is 50.5 Å². The maximum Gasteiger partial charge on any atom is 0.257 e. The summed E-state index contributed by atoms with van der Waals surface area (Å²) in [6.07, 6.45) is 1.51. The second-order valence-electron chi connectivity index (χ2n) is 6.82. The summed E-state index contributed by atoms with van der Waals surface area (Å²) in [5.41, 5.74) is 0.920. The maximum atomic E-state index is 12.3. The molecule has 158 valence electrons. The van der Waals surface area contributed by atoms with Gasteiger partial charge in [-0.1, -0.05) is 6.07 Å². The molecule has 9 nitrogen and oxygen atoms in total. The summed E-state index contributed by atoms with van der Waals surface area (Å²) < 4.78 is 6.59. The summed E-state index contributed by atoms with van der Waals surface area (Å²) >= 11 is 0. The van der Waals surface area contributed by atoms with Crippen molar-refractivity contribution >= 4 is 28.7 Å². The fourth-order valence-corrected chi connectivity index (χ4v) is 3.00. The number of hydrogen-bond acceptors (Lipinski definition) is 7. The van der Waals surface area contributed by atoms with E-state index in [9.17, 15) is 20.1 Å². The molecule has 0 aliphatic carbocycles. The van der Waals surface area contributed by atoms with E-state index in [1.54, 1.807) is 52.2 Å². The van der Waals surface area contributed by atoms with Crippen molar-refractivity contribution < 1.29 is 24.5 Å². The predicted molar refractivity (Wildman–Crippen MR) is 113 cm³/mol. The number of benzene rings is 1. The molecule has 1 aromatic carbocycles. The van der Waals surface area contributed by atoms with Gasteiger partial charge in [0.2, 0.25) is 11.8 Å². The largest absolute Gasteiger partial charge is 0.505 e. The number of para-hydroxylation sites is 1. The summed E-state index contributed by atoms with van der Waals surface area (Å²) in [5, 5.41) is 34.8. The fourth-order valence-electron chi connectivity index (χ4n) is 3.00. The van der Waals surface area contributed by atoms with Crippen LogP contribution in [-0.2, 0) is 6.54 Å². The lowest BCUT2D eigenvalue weighted by atomic mass is 10.1. The van der Waals surface area contributed by atoms with Crippen molar-refractivity contribution in [3.63, 3.8) is 0 Å². The Balaban J connectivity index is 2.10. The number of anilines is 2. The molecular formula is C21H24N4O5. The zero-order valence-corrected chi connectivity index (χ0v) is 17.2. The van der Waals surface area contributed by atoms with Crippen LogP contribution in [0.15, 0.2) is 46.0 Å². The number of aromatic hydroxyl groups is 3. The number of nitrogens with zero attached hydrogens (tertiary/aromatic N) is 3. The van der Waals surface area contributed by atoms with Gasteiger partial charge in [0, 0.05) is 20.6 Å². The number of aliphatic imine (C=N–C) groups is 1. The number of phenols is 1. The number of nitrogens with one attached hydrogen (secondary N) is 1. The third-order valence-corrected chi connectivity index (χ3v) is 4.59. The lowest BCUT2D eigenvalue weighted by Crippen LogP contribution is -2.21. The minimum atomic E-state index is -0.374. The smallest absolute Gasteiger partial charge is 0.257 e. The van der Waals surface area contributed by atoms with Crippen LogP contribution in [0.1, 0.15) is 30.0 Å². The molecule has 0 unspecified atom stereocenters. The number of amides is 1. The number of furan rings is 1. The van der Waals surface area contributed by atoms with Gasteiger partial charge in [0.1, 0.15) is 11.4 Å². The molecule has 1 amide bonds. The Kier molecular flexibility index (Phi) is 5.72. The molecule has 0 radical (unpaired) electrons. The monoisotopic (exact) mass is 412 g/mol. The molecule has 3 aromatic rings. The molecule has 0 aliphatic heterocycles. The third kappa shape index (κ3) is 3.69. The van der Waals surface area contributed by atoms with Crippen LogP contribution in [0, 0.1) is 0 Å². The first-order chi connectivity index (χ1) is 14.3. The highest BCUT2D eigenvalue weighted by Gasteiger charge is 2.24. The number of hydrogen-bond donors (Lipinski definition) is 4. The molecule has 0 saturated heterocycles. The van der Waals surface area contributed by atoms with Crippen molar-refractivity contribution in [3.05, 3.63) is 47.9 Å². The Morgan fingerprint density at radius 2 is 1.90 bits per heavy atom. The SMILES string of the molecule is CCn1c(O)c(N=C(C)c2ccco2)c(Nc2cccc(C(=O)N(C)C)c2O)c1O. The van der Waals surface area contributed by atoms with E-state index in [0.29, 0.717) is 11.5 Å². The lowest BCUT2D eigenvalue weighted by Gasteiger charge is -2.15. The van der Waals surface area contributed by atoms with Gasteiger partial charge < -0.3 is 30.0 Å². The molecule has 0 spiro atoms. The highest BCUT2D eigenvalue weighted by Crippen LogP contribution is 2.47. The third-order valence-electron chi connectivity index (χ3n) is 4.59. The van der Waals surface area contributed by atoms with Gasteiger partial charge in [-0.05, 0) is 38.1 Å². The van der Waals surface area contributed by atoms with Crippen LogP contribution in [0.5, 0.6) is 17.5 Å². The van der Waals surface area contributed by atoms with Crippen molar-refractivity contribution in [2.75, 3.05) is 19.4 Å². The summed E-state index contributed by atoms with van der Waals surface area (Å²) in [6, 6.07) is 8.09. The molecule has 0 atom stereocenters. The van der Waals surface area contributed by atoms with Gasteiger partial charge in [0.25, 0.3) is 5.91 Å². The molecule has 0 saturated carbocycles. The fraction of sp³-hybridized carbons (Fsp3) is 0.238. The Bertz CT molecular complexity index is 1100. The van der Waals surface area contributed by atoms with E-state index >= 15 is 0 Å². The first kappa shape index (κ1) is 20.8. The number of rotatable bonds is 6. The summed E-state index contributed by atoms with van der Waals surface area (Å²) in [5.74, 6) is -0.656. The molecule has 2 aromatic heterocycles. The van der Waals surface area contributed by atoms with Crippen LogP contribution in [0.25, 0.3) is 0 Å². The molecule has 0 aliphatic rings. The number of aromatic nitrogens is 1. The summed E-state index contributed by atoms with van der Waals surface area (Å²) in [4.78, 5) is 18.1. The molecule has 30 heavy (non-hydrogen) atoms. The van der Waals surface area contributed by atoms with Crippen molar-refractivity contribution in [2.24, 2.45) is 4.99 Å². The van der Waals surface area contributed by atoms with Gasteiger partial charge in [0.05, 0.1) is 23.2 Å². The van der Waals surface area contributed by atoms with Gasteiger partial charge in [-0.3, -0.25) is 9.36 Å². The Morgan fingerprint density at radius 1 is 1.17 bits per heavy atom.